The third-order valence-corrected chi connectivity index (χ3v) is 4.60. The number of allylic oxidation sites excluding steroid dienone is 1. The summed E-state index contributed by atoms with van der Waals surface area (Å²) in [5, 5.41) is 0. The van der Waals surface area contributed by atoms with Gasteiger partial charge >= 0.3 is 0 Å². The highest BCUT2D eigenvalue weighted by atomic mass is 16.5. The van der Waals surface area contributed by atoms with Gasteiger partial charge in [0.2, 0.25) is 5.89 Å². The van der Waals surface area contributed by atoms with Crippen molar-refractivity contribution in [2.45, 2.75) is 6.92 Å². The molecule has 0 saturated heterocycles. The Labute approximate surface area is 174 Å². The molecule has 0 spiro atoms. The van der Waals surface area contributed by atoms with Crippen molar-refractivity contribution in [3.05, 3.63) is 89.8 Å². The number of carbonyl (C=O) groups excluding carboxylic acids is 1. The number of fused-ring (bicyclic) bond motifs is 1. The molecule has 0 fully saturated rings. The van der Waals surface area contributed by atoms with E-state index in [-0.39, 0.29) is 11.7 Å². The predicted octanol–water partition coefficient (Wildman–Crippen LogP) is 5.66. The molecule has 0 bridgehead atoms. The van der Waals surface area contributed by atoms with Crippen molar-refractivity contribution in [1.82, 2.24) is 4.98 Å². The Morgan fingerprint density at radius 3 is 2.50 bits per heavy atom. The molecular weight excluding hydrogens is 378 g/mol. The molecule has 1 aromatic heterocycles. The lowest BCUT2D eigenvalue weighted by molar-refractivity contribution is 0.105. The first-order chi connectivity index (χ1) is 14.7. The number of ketones is 1. The fourth-order valence-electron chi connectivity index (χ4n) is 3.17. The van der Waals surface area contributed by atoms with Crippen LogP contribution in [0.15, 0.2) is 77.2 Å². The Morgan fingerprint density at radius 1 is 1.00 bits per heavy atom. The summed E-state index contributed by atoms with van der Waals surface area (Å²) < 4.78 is 16.9. The van der Waals surface area contributed by atoms with Crippen LogP contribution in [0.4, 0.5) is 0 Å². The fourth-order valence-corrected chi connectivity index (χ4v) is 3.17. The summed E-state index contributed by atoms with van der Waals surface area (Å²) in [5.41, 5.74) is 3.02. The number of Topliss-reactive ketones (excluding diaryl/α,β-unsaturated/α-hetero) is 1. The van der Waals surface area contributed by atoms with Crippen LogP contribution in [0.2, 0.25) is 0 Å². The Balaban J connectivity index is 1.83. The predicted molar refractivity (Wildman–Crippen MR) is 117 cm³/mol. The normalized spacial score (nSPS) is 11.5. The monoisotopic (exact) mass is 399 g/mol. The molecular formula is C25H21NO4. The highest BCUT2D eigenvalue weighted by molar-refractivity contribution is 6.31. The minimum Gasteiger partial charge on any atom is -0.493 e. The second-order valence-corrected chi connectivity index (χ2v) is 6.58. The van der Waals surface area contributed by atoms with Crippen LogP contribution in [-0.2, 0) is 0 Å². The van der Waals surface area contributed by atoms with E-state index in [4.69, 9.17) is 13.9 Å². The van der Waals surface area contributed by atoms with Crippen LogP contribution in [0.25, 0.3) is 22.7 Å². The van der Waals surface area contributed by atoms with Gasteiger partial charge in [0.05, 0.1) is 19.3 Å². The Morgan fingerprint density at radius 2 is 1.77 bits per heavy atom. The van der Waals surface area contributed by atoms with Crippen LogP contribution in [-0.4, -0.2) is 24.5 Å². The van der Waals surface area contributed by atoms with Gasteiger partial charge in [-0.2, -0.15) is 0 Å². The number of hydrogen-bond acceptors (Lipinski definition) is 5. The van der Waals surface area contributed by atoms with Crippen molar-refractivity contribution >= 4 is 28.5 Å². The van der Waals surface area contributed by atoms with Gasteiger partial charge in [-0.15, -0.1) is 0 Å². The molecule has 30 heavy (non-hydrogen) atoms. The molecule has 0 saturated carbocycles. The maximum atomic E-state index is 13.3. The lowest BCUT2D eigenvalue weighted by atomic mass is 10.0. The van der Waals surface area contributed by atoms with E-state index >= 15 is 0 Å². The van der Waals surface area contributed by atoms with Gasteiger partial charge in [0.15, 0.2) is 22.9 Å². The summed E-state index contributed by atoms with van der Waals surface area (Å²) in [6.45, 7) is 2.45. The van der Waals surface area contributed by atoms with Crippen molar-refractivity contribution in [2.24, 2.45) is 0 Å². The quantitative estimate of drug-likeness (QED) is 0.296. The standard InChI is InChI=1S/C25H21NO4/c1-3-29-22-14-13-17(16-23(22)28-2)15-19(24(27)18-9-5-4-6-10-18)25-26-20-11-7-8-12-21(20)30-25/h4-16H,3H2,1-2H3/b19-15+. The van der Waals surface area contributed by atoms with Crippen molar-refractivity contribution in [3.63, 3.8) is 0 Å². The van der Waals surface area contributed by atoms with Crippen LogP contribution in [0, 0.1) is 0 Å². The van der Waals surface area contributed by atoms with E-state index in [9.17, 15) is 4.79 Å². The molecule has 1 heterocycles. The van der Waals surface area contributed by atoms with Gasteiger partial charge < -0.3 is 13.9 Å². The maximum Gasteiger partial charge on any atom is 0.231 e. The number of benzene rings is 3. The van der Waals surface area contributed by atoms with Gasteiger partial charge in [0.1, 0.15) is 5.52 Å². The SMILES string of the molecule is CCOc1ccc(/C=C(\C(=O)c2ccccc2)c2nc3ccccc3o2)cc1OC. The van der Waals surface area contributed by atoms with Crippen LogP contribution in [0.5, 0.6) is 11.5 Å². The van der Waals surface area contributed by atoms with E-state index in [1.54, 1.807) is 25.3 Å². The molecule has 5 heteroatoms. The van der Waals surface area contributed by atoms with Gasteiger partial charge in [-0.25, -0.2) is 4.98 Å². The van der Waals surface area contributed by atoms with E-state index in [1.165, 1.54) is 0 Å². The summed E-state index contributed by atoms with van der Waals surface area (Å²) in [5.74, 6) is 1.34. The van der Waals surface area contributed by atoms with Crippen LogP contribution in [0.1, 0.15) is 28.7 Å². The second kappa shape index (κ2) is 8.66. The number of hydrogen-bond donors (Lipinski definition) is 0. The number of carbonyl (C=O) groups is 1. The zero-order valence-corrected chi connectivity index (χ0v) is 16.8. The van der Waals surface area contributed by atoms with E-state index in [2.05, 4.69) is 4.98 Å². The third-order valence-electron chi connectivity index (χ3n) is 4.60. The molecule has 0 N–H and O–H groups in total. The highest BCUT2D eigenvalue weighted by Gasteiger charge is 2.20. The Bertz CT molecular complexity index is 1180. The number of oxazole rings is 1. The van der Waals surface area contributed by atoms with Gasteiger partial charge in [0, 0.05) is 5.56 Å². The van der Waals surface area contributed by atoms with Crippen LogP contribution >= 0.6 is 0 Å². The number of aromatic nitrogens is 1. The maximum absolute atomic E-state index is 13.3. The first-order valence-electron chi connectivity index (χ1n) is 9.68. The number of ether oxygens (including phenoxy) is 2. The minimum absolute atomic E-state index is 0.171. The van der Waals surface area contributed by atoms with E-state index in [0.717, 1.165) is 5.56 Å². The summed E-state index contributed by atoms with van der Waals surface area (Å²) in [6, 6.07) is 22.0. The van der Waals surface area contributed by atoms with Crippen molar-refractivity contribution < 1.29 is 18.7 Å². The summed E-state index contributed by atoms with van der Waals surface area (Å²) in [6.07, 6.45) is 1.76. The van der Waals surface area contributed by atoms with Crippen molar-refractivity contribution in [3.8, 4) is 11.5 Å². The summed E-state index contributed by atoms with van der Waals surface area (Å²) in [7, 11) is 1.59. The molecule has 3 aromatic carbocycles. The first-order valence-corrected chi connectivity index (χ1v) is 9.68. The Hall–Kier alpha value is -3.86. The zero-order valence-electron chi connectivity index (χ0n) is 16.8. The van der Waals surface area contributed by atoms with Gasteiger partial charge in [0.25, 0.3) is 0 Å². The molecule has 0 aliphatic heterocycles. The zero-order chi connectivity index (χ0) is 20.9. The van der Waals surface area contributed by atoms with Gasteiger partial charge in [-0.1, -0.05) is 48.5 Å². The molecule has 150 valence electrons. The molecule has 0 atom stereocenters. The first kappa shape index (κ1) is 19.5. The fraction of sp³-hybridized carbons (Fsp3) is 0.120. The minimum atomic E-state index is -0.171. The number of methoxy groups -OCH3 is 1. The molecule has 4 aromatic rings. The average Bonchev–Trinajstić information content (AvgIpc) is 3.22. The van der Waals surface area contributed by atoms with E-state index in [0.29, 0.717) is 40.3 Å². The van der Waals surface area contributed by atoms with Crippen molar-refractivity contribution in [1.29, 1.82) is 0 Å². The van der Waals surface area contributed by atoms with E-state index < -0.39 is 0 Å². The highest BCUT2D eigenvalue weighted by Crippen LogP contribution is 2.31. The second-order valence-electron chi connectivity index (χ2n) is 6.58. The molecule has 0 unspecified atom stereocenters. The molecule has 0 aliphatic rings. The third kappa shape index (κ3) is 3.96. The molecule has 0 amide bonds. The smallest absolute Gasteiger partial charge is 0.231 e. The number of para-hydroxylation sites is 2. The molecule has 0 aliphatic carbocycles. The topological polar surface area (TPSA) is 61.6 Å². The van der Waals surface area contributed by atoms with Crippen LogP contribution in [0.3, 0.4) is 0 Å². The molecule has 4 rings (SSSR count). The van der Waals surface area contributed by atoms with Gasteiger partial charge in [-0.05, 0) is 42.8 Å². The number of rotatable bonds is 7. The lowest BCUT2D eigenvalue weighted by Gasteiger charge is -2.10. The number of nitrogens with zero attached hydrogens (tertiary/aromatic N) is 1. The van der Waals surface area contributed by atoms with Gasteiger partial charge in [-0.3, -0.25) is 4.79 Å². The van der Waals surface area contributed by atoms with E-state index in [1.807, 2.05) is 67.6 Å². The van der Waals surface area contributed by atoms with Crippen molar-refractivity contribution in [2.75, 3.05) is 13.7 Å². The lowest BCUT2D eigenvalue weighted by Crippen LogP contribution is -2.03. The molecule has 5 nitrogen and oxygen atoms in total. The Kier molecular flexibility index (Phi) is 5.61. The van der Waals surface area contributed by atoms with Crippen LogP contribution < -0.4 is 9.47 Å². The summed E-state index contributed by atoms with van der Waals surface area (Å²) in [4.78, 5) is 17.9. The average molecular weight is 399 g/mol. The largest absolute Gasteiger partial charge is 0.493 e. The molecule has 0 radical (unpaired) electrons. The summed E-state index contributed by atoms with van der Waals surface area (Å²) >= 11 is 0.